The molecule has 0 aliphatic carbocycles. The van der Waals surface area contributed by atoms with Gasteiger partial charge in [0, 0.05) is 50.3 Å². The third kappa shape index (κ3) is 7.10. The van der Waals surface area contributed by atoms with Crippen molar-refractivity contribution in [1.82, 2.24) is 10.2 Å². The first-order chi connectivity index (χ1) is 13.4. The Kier molecular flexibility index (Phi) is 8.61. The molecule has 1 aliphatic heterocycles. The topological polar surface area (TPSA) is 44.7 Å². The van der Waals surface area contributed by atoms with E-state index >= 15 is 0 Å². The Morgan fingerprint density at radius 1 is 1.07 bits per heavy atom. The number of nitrogens with zero attached hydrogens (tertiary/aromatic N) is 1. The zero-order valence-corrected chi connectivity index (χ0v) is 16.8. The Labute approximate surface area is 175 Å². The van der Waals surface area contributed by atoms with E-state index in [1.807, 2.05) is 35.2 Å². The quantitative estimate of drug-likeness (QED) is 0.669. The standard InChI is InChI=1S/C21H25F3N2O2.ClH/c22-21(23,24)9-8-19(26-12-10-25-11-13-26)18-7-6-17(14-20(18)27)28-15-16-4-2-1-3-5-16;/h1-7,14,19,25,27H,8-13,15H2;1H/t19-;/m0./s1. The summed E-state index contributed by atoms with van der Waals surface area (Å²) < 4.78 is 44.1. The summed E-state index contributed by atoms with van der Waals surface area (Å²) in [5, 5.41) is 13.7. The first-order valence-electron chi connectivity index (χ1n) is 9.43. The van der Waals surface area contributed by atoms with Gasteiger partial charge in [0.05, 0.1) is 0 Å². The van der Waals surface area contributed by atoms with Crippen LogP contribution in [-0.2, 0) is 6.61 Å². The maximum atomic E-state index is 12.8. The Balaban J connectivity index is 0.00000300. The van der Waals surface area contributed by atoms with Crippen LogP contribution in [0.25, 0.3) is 0 Å². The SMILES string of the molecule is Cl.Oc1cc(OCc2ccccc2)ccc1[C@H](CCC(F)(F)F)N1CCNCC1. The van der Waals surface area contributed by atoms with Crippen molar-refractivity contribution in [1.29, 1.82) is 0 Å². The van der Waals surface area contributed by atoms with Gasteiger partial charge in [-0.2, -0.15) is 13.2 Å². The number of alkyl halides is 3. The molecule has 8 heteroatoms. The van der Waals surface area contributed by atoms with Crippen molar-refractivity contribution in [2.24, 2.45) is 0 Å². The van der Waals surface area contributed by atoms with Gasteiger partial charge in [-0.05, 0) is 18.1 Å². The molecule has 1 aliphatic rings. The lowest BCUT2D eigenvalue weighted by Gasteiger charge is -2.35. The van der Waals surface area contributed by atoms with Crippen molar-refractivity contribution >= 4 is 12.4 Å². The average Bonchev–Trinajstić information content (AvgIpc) is 2.68. The number of nitrogens with one attached hydrogen (secondary N) is 1. The van der Waals surface area contributed by atoms with Crippen molar-refractivity contribution in [3.05, 3.63) is 59.7 Å². The number of hydrogen-bond donors (Lipinski definition) is 2. The molecular weight excluding hydrogens is 405 g/mol. The fourth-order valence-electron chi connectivity index (χ4n) is 3.46. The van der Waals surface area contributed by atoms with Gasteiger partial charge in [-0.3, -0.25) is 4.90 Å². The van der Waals surface area contributed by atoms with Crippen LogP contribution in [-0.4, -0.2) is 42.4 Å². The second-order valence-corrected chi connectivity index (χ2v) is 6.95. The molecule has 0 radical (unpaired) electrons. The Hall–Kier alpha value is -1.96. The van der Waals surface area contributed by atoms with E-state index in [0.717, 1.165) is 18.7 Å². The number of phenolic OH excluding ortho intramolecular Hbond substituents is 1. The lowest BCUT2D eigenvalue weighted by atomic mass is 9.98. The molecule has 0 aromatic heterocycles. The molecule has 2 aromatic rings. The average molecular weight is 431 g/mol. The van der Waals surface area contributed by atoms with Gasteiger partial charge in [-0.25, -0.2) is 0 Å². The van der Waals surface area contributed by atoms with Crippen molar-refractivity contribution in [2.45, 2.75) is 31.7 Å². The highest BCUT2D eigenvalue weighted by atomic mass is 35.5. The minimum Gasteiger partial charge on any atom is -0.507 e. The van der Waals surface area contributed by atoms with E-state index < -0.39 is 18.6 Å². The van der Waals surface area contributed by atoms with Crippen molar-refractivity contribution < 1.29 is 23.0 Å². The van der Waals surface area contributed by atoms with Crippen molar-refractivity contribution in [3.8, 4) is 11.5 Å². The molecule has 2 aromatic carbocycles. The van der Waals surface area contributed by atoms with E-state index in [9.17, 15) is 18.3 Å². The predicted octanol–water partition coefficient (Wildman–Crippen LogP) is 4.68. The van der Waals surface area contributed by atoms with Gasteiger partial charge in [0.25, 0.3) is 0 Å². The molecule has 1 heterocycles. The summed E-state index contributed by atoms with van der Waals surface area (Å²) in [7, 11) is 0. The van der Waals surface area contributed by atoms with Gasteiger partial charge >= 0.3 is 6.18 Å². The summed E-state index contributed by atoms with van der Waals surface area (Å²) in [5.41, 5.74) is 1.51. The fraction of sp³-hybridized carbons (Fsp3) is 0.429. The highest BCUT2D eigenvalue weighted by Gasteiger charge is 2.32. The van der Waals surface area contributed by atoms with Gasteiger partial charge in [0.15, 0.2) is 0 Å². The molecule has 2 N–H and O–H groups in total. The second kappa shape index (κ2) is 10.7. The van der Waals surface area contributed by atoms with Gasteiger partial charge in [0.1, 0.15) is 18.1 Å². The van der Waals surface area contributed by atoms with Crippen LogP contribution in [0.1, 0.15) is 30.0 Å². The maximum Gasteiger partial charge on any atom is 0.389 e. The minimum absolute atomic E-state index is 0. The smallest absolute Gasteiger partial charge is 0.389 e. The van der Waals surface area contributed by atoms with Crippen LogP contribution >= 0.6 is 12.4 Å². The largest absolute Gasteiger partial charge is 0.507 e. The molecule has 0 bridgehead atoms. The molecule has 0 amide bonds. The maximum absolute atomic E-state index is 12.8. The van der Waals surface area contributed by atoms with Crippen LogP contribution in [0.15, 0.2) is 48.5 Å². The second-order valence-electron chi connectivity index (χ2n) is 6.95. The van der Waals surface area contributed by atoms with Crippen LogP contribution in [0.4, 0.5) is 13.2 Å². The first kappa shape index (κ1) is 23.3. The molecule has 0 saturated carbocycles. The highest BCUT2D eigenvalue weighted by Crippen LogP contribution is 2.37. The molecule has 160 valence electrons. The number of rotatable bonds is 7. The lowest BCUT2D eigenvalue weighted by Crippen LogP contribution is -2.45. The van der Waals surface area contributed by atoms with E-state index in [4.69, 9.17) is 4.74 Å². The zero-order chi connectivity index (χ0) is 20.0. The molecule has 3 rings (SSSR count). The molecule has 1 saturated heterocycles. The zero-order valence-electron chi connectivity index (χ0n) is 16.0. The third-order valence-electron chi connectivity index (χ3n) is 4.90. The predicted molar refractivity (Wildman–Crippen MR) is 109 cm³/mol. The molecule has 0 unspecified atom stereocenters. The summed E-state index contributed by atoms with van der Waals surface area (Å²) in [5.74, 6) is 0.455. The van der Waals surface area contributed by atoms with Crippen LogP contribution < -0.4 is 10.1 Å². The normalized spacial score (nSPS) is 16.1. The summed E-state index contributed by atoms with van der Waals surface area (Å²) in [6.07, 6.45) is -5.19. The molecule has 1 atom stereocenters. The van der Waals surface area contributed by atoms with E-state index in [-0.39, 0.29) is 24.6 Å². The number of phenols is 1. The fourth-order valence-corrected chi connectivity index (χ4v) is 3.46. The number of halogens is 4. The Bertz CT molecular complexity index is 753. The van der Waals surface area contributed by atoms with E-state index in [1.54, 1.807) is 12.1 Å². The van der Waals surface area contributed by atoms with Crippen LogP contribution in [0.5, 0.6) is 11.5 Å². The van der Waals surface area contributed by atoms with Gasteiger partial charge in [-0.15, -0.1) is 12.4 Å². The molecule has 29 heavy (non-hydrogen) atoms. The van der Waals surface area contributed by atoms with Crippen LogP contribution in [0.3, 0.4) is 0 Å². The van der Waals surface area contributed by atoms with E-state index in [0.29, 0.717) is 31.0 Å². The minimum atomic E-state index is -4.22. The summed E-state index contributed by atoms with van der Waals surface area (Å²) >= 11 is 0. The number of benzene rings is 2. The number of aromatic hydroxyl groups is 1. The first-order valence-corrected chi connectivity index (χ1v) is 9.43. The van der Waals surface area contributed by atoms with Crippen LogP contribution in [0.2, 0.25) is 0 Å². The van der Waals surface area contributed by atoms with Crippen molar-refractivity contribution in [2.75, 3.05) is 26.2 Å². The van der Waals surface area contributed by atoms with Crippen molar-refractivity contribution in [3.63, 3.8) is 0 Å². The summed E-state index contributed by atoms with van der Waals surface area (Å²) in [6.45, 7) is 3.10. The monoisotopic (exact) mass is 430 g/mol. The molecule has 4 nitrogen and oxygen atoms in total. The van der Waals surface area contributed by atoms with Gasteiger partial charge in [0.2, 0.25) is 0 Å². The van der Waals surface area contributed by atoms with Crippen LogP contribution in [0, 0.1) is 0 Å². The van der Waals surface area contributed by atoms with E-state index in [2.05, 4.69) is 5.32 Å². The number of piperazine rings is 1. The summed E-state index contributed by atoms with van der Waals surface area (Å²) in [4.78, 5) is 2.00. The Morgan fingerprint density at radius 2 is 1.76 bits per heavy atom. The number of ether oxygens (including phenoxy) is 1. The molecule has 1 fully saturated rings. The highest BCUT2D eigenvalue weighted by molar-refractivity contribution is 5.85. The summed E-state index contributed by atoms with van der Waals surface area (Å²) in [6, 6.07) is 14.0. The Morgan fingerprint density at radius 3 is 2.38 bits per heavy atom. The lowest BCUT2D eigenvalue weighted by molar-refractivity contribution is -0.138. The number of hydrogen-bond acceptors (Lipinski definition) is 4. The van der Waals surface area contributed by atoms with Gasteiger partial charge in [-0.1, -0.05) is 36.4 Å². The van der Waals surface area contributed by atoms with E-state index in [1.165, 1.54) is 6.07 Å². The third-order valence-corrected chi connectivity index (χ3v) is 4.90. The van der Waals surface area contributed by atoms with Gasteiger partial charge < -0.3 is 15.2 Å². The molecule has 0 spiro atoms. The molecular formula is C21H26ClF3N2O2.